The van der Waals surface area contributed by atoms with Gasteiger partial charge in [0.15, 0.2) is 0 Å². The molecular weight excluding hydrogens is 476 g/mol. The molecule has 0 aromatic carbocycles. The van der Waals surface area contributed by atoms with Crippen LogP contribution < -0.4 is 10.9 Å². The van der Waals surface area contributed by atoms with Crippen LogP contribution in [-0.2, 0) is 28.7 Å². The Morgan fingerprint density at radius 1 is 0.486 bits per heavy atom. The van der Waals surface area contributed by atoms with Crippen LogP contribution in [0.4, 0.5) is 0 Å². The number of nitrogens with one attached hydrogen (secondary N) is 2. The second-order valence-electron chi connectivity index (χ2n) is 9.59. The van der Waals surface area contributed by atoms with E-state index in [-0.39, 0.29) is 36.6 Å². The number of carbonyl (C=O) groups is 4. The highest BCUT2D eigenvalue weighted by atomic mass is 16.5. The second kappa shape index (κ2) is 21.3. The standard InChI is InChI=1S/C27H46N4O6/c1-22-14-7-3-5-11-20-36-26(34)18-9-10-19-27(35)37-21-12-6-4-8-15-23(2)29-31-25(33)17-13-16-24(32)30-28-22/h3-21H2,1-2H3,(H,30,32)(H,31,33)/b28-22-,29-23-. The van der Waals surface area contributed by atoms with Crippen LogP contribution in [0.5, 0.6) is 0 Å². The summed E-state index contributed by atoms with van der Waals surface area (Å²) in [5, 5.41) is 8.25. The van der Waals surface area contributed by atoms with Gasteiger partial charge >= 0.3 is 11.9 Å². The van der Waals surface area contributed by atoms with Crippen molar-refractivity contribution in [2.75, 3.05) is 13.2 Å². The van der Waals surface area contributed by atoms with E-state index < -0.39 is 0 Å². The third-order valence-electron chi connectivity index (χ3n) is 5.95. The third kappa shape index (κ3) is 20.0. The Labute approximate surface area is 221 Å². The molecule has 1 aliphatic rings. The third-order valence-corrected chi connectivity index (χ3v) is 5.95. The summed E-state index contributed by atoms with van der Waals surface area (Å²) in [5.41, 5.74) is 6.80. The minimum atomic E-state index is -0.220. The number of ether oxygens (including phenoxy) is 2. The molecule has 0 aliphatic carbocycles. The molecule has 0 saturated carbocycles. The Hall–Kier alpha value is -2.78. The molecule has 10 nitrogen and oxygen atoms in total. The lowest BCUT2D eigenvalue weighted by Gasteiger charge is -2.06. The summed E-state index contributed by atoms with van der Waals surface area (Å²) in [6.07, 6.45) is 11.7. The van der Waals surface area contributed by atoms with E-state index >= 15 is 0 Å². The molecule has 1 aliphatic heterocycles. The average molecular weight is 523 g/mol. The molecule has 2 N–H and O–H groups in total. The first kappa shape index (κ1) is 32.2. The van der Waals surface area contributed by atoms with Crippen molar-refractivity contribution >= 4 is 35.2 Å². The van der Waals surface area contributed by atoms with E-state index in [0.29, 0.717) is 45.3 Å². The summed E-state index contributed by atoms with van der Waals surface area (Å²) in [6.45, 7) is 4.57. The summed E-state index contributed by atoms with van der Waals surface area (Å²) in [6, 6.07) is 0. The van der Waals surface area contributed by atoms with E-state index in [4.69, 9.17) is 9.47 Å². The van der Waals surface area contributed by atoms with Gasteiger partial charge in [0.1, 0.15) is 0 Å². The molecule has 37 heavy (non-hydrogen) atoms. The molecule has 0 fully saturated rings. The summed E-state index contributed by atoms with van der Waals surface area (Å²) in [4.78, 5) is 47.5. The molecule has 0 aromatic rings. The summed E-state index contributed by atoms with van der Waals surface area (Å²) in [7, 11) is 0. The maximum atomic E-state index is 12.0. The van der Waals surface area contributed by atoms with Crippen LogP contribution in [0.2, 0.25) is 0 Å². The fourth-order valence-corrected chi connectivity index (χ4v) is 3.68. The maximum Gasteiger partial charge on any atom is 0.305 e. The molecule has 210 valence electrons. The van der Waals surface area contributed by atoms with Crippen molar-refractivity contribution in [1.29, 1.82) is 0 Å². The van der Waals surface area contributed by atoms with Gasteiger partial charge in [-0.1, -0.05) is 25.7 Å². The zero-order chi connectivity index (χ0) is 27.1. The highest BCUT2D eigenvalue weighted by Crippen LogP contribution is 2.08. The fraction of sp³-hybridized carbons (Fsp3) is 0.778. The van der Waals surface area contributed by atoms with Crippen LogP contribution in [0, 0.1) is 0 Å². The van der Waals surface area contributed by atoms with E-state index in [1.54, 1.807) is 0 Å². The average Bonchev–Trinajstić information content (AvgIpc) is 2.87. The van der Waals surface area contributed by atoms with Gasteiger partial charge in [-0.05, 0) is 71.6 Å². The van der Waals surface area contributed by atoms with Gasteiger partial charge in [0.25, 0.3) is 0 Å². The van der Waals surface area contributed by atoms with Crippen molar-refractivity contribution in [2.24, 2.45) is 10.2 Å². The predicted octanol–water partition coefficient (Wildman–Crippen LogP) is 4.70. The van der Waals surface area contributed by atoms with Crippen molar-refractivity contribution < 1.29 is 28.7 Å². The van der Waals surface area contributed by atoms with Crippen LogP contribution in [0.25, 0.3) is 0 Å². The monoisotopic (exact) mass is 522 g/mol. The first-order valence-electron chi connectivity index (χ1n) is 13.8. The lowest BCUT2D eigenvalue weighted by molar-refractivity contribution is -0.146. The van der Waals surface area contributed by atoms with Gasteiger partial charge in [0.05, 0.1) is 13.2 Å². The van der Waals surface area contributed by atoms with Crippen molar-refractivity contribution in [1.82, 2.24) is 10.9 Å². The molecule has 0 aromatic heterocycles. The minimum Gasteiger partial charge on any atom is -0.466 e. The van der Waals surface area contributed by atoms with Crippen molar-refractivity contribution in [3.05, 3.63) is 0 Å². The Bertz CT molecular complexity index is 704. The molecule has 0 unspecified atom stereocenters. The fourth-order valence-electron chi connectivity index (χ4n) is 3.68. The second-order valence-corrected chi connectivity index (χ2v) is 9.59. The summed E-state index contributed by atoms with van der Waals surface area (Å²) < 4.78 is 10.5. The van der Waals surface area contributed by atoms with Crippen molar-refractivity contribution in [3.63, 3.8) is 0 Å². The van der Waals surface area contributed by atoms with E-state index in [0.717, 1.165) is 75.6 Å². The van der Waals surface area contributed by atoms with E-state index in [2.05, 4.69) is 21.1 Å². The number of nitrogens with zero attached hydrogens (tertiary/aromatic N) is 2. The first-order chi connectivity index (χ1) is 17.9. The van der Waals surface area contributed by atoms with Gasteiger partial charge in [0, 0.05) is 37.1 Å². The van der Waals surface area contributed by atoms with E-state index in [1.165, 1.54) is 0 Å². The number of esters is 2. The van der Waals surface area contributed by atoms with Crippen LogP contribution in [0.3, 0.4) is 0 Å². The van der Waals surface area contributed by atoms with Gasteiger partial charge in [-0.3, -0.25) is 19.2 Å². The molecule has 0 spiro atoms. The van der Waals surface area contributed by atoms with Crippen LogP contribution in [0.15, 0.2) is 10.2 Å². The SMILES string of the molecule is C/C1=N/NC(=O)CCCC(=O)N/N=C(/C)CCCCCCOC(=O)CCCCC(=O)OCCCCCC1. The minimum absolute atomic E-state index is 0.209. The maximum absolute atomic E-state index is 12.0. The Balaban J connectivity index is 2.43. The molecule has 10 heteroatoms. The van der Waals surface area contributed by atoms with Crippen molar-refractivity contribution in [3.8, 4) is 0 Å². The number of cyclic esters (lactones) is 2. The Kier molecular flexibility index (Phi) is 18.6. The van der Waals surface area contributed by atoms with Gasteiger partial charge in [-0.25, -0.2) is 10.9 Å². The smallest absolute Gasteiger partial charge is 0.305 e. The molecule has 0 saturated heterocycles. The van der Waals surface area contributed by atoms with Gasteiger partial charge in [-0.15, -0.1) is 0 Å². The van der Waals surface area contributed by atoms with E-state index in [1.807, 2.05) is 13.8 Å². The molecule has 2 amide bonds. The van der Waals surface area contributed by atoms with Gasteiger partial charge in [-0.2, -0.15) is 10.2 Å². The number of carbonyl (C=O) groups excluding carboxylic acids is 4. The molecule has 1 rings (SSSR count). The number of rotatable bonds is 0. The molecule has 0 bridgehead atoms. The van der Waals surface area contributed by atoms with Crippen molar-refractivity contribution in [2.45, 2.75) is 123 Å². The Morgan fingerprint density at radius 2 is 0.865 bits per heavy atom. The number of hydrazone groups is 2. The lowest BCUT2D eigenvalue weighted by Crippen LogP contribution is -2.21. The van der Waals surface area contributed by atoms with E-state index in [9.17, 15) is 19.2 Å². The van der Waals surface area contributed by atoms with Gasteiger partial charge in [0.2, 0.25) is 11.8 Å². The Morgan fingerprint density at radius 3 is 1.30 bits per heavy atom. The molecule has 0 radical (unpaired) electrons. The van der Waals surface area contributed by atoms with Crippen LogP contribution >= 0.6 is 0 Å². The molecule has 0 atom stereocenters. The number of hydrogen-bond acceptors (Lipinski definition) is 8. The zero-order valence-electron chi connectivity index (χ0n) is 22.8. The number of amides is 2. The van der Waals surface area contributed by atoms with Crippen LogP contribution in [-0.4, -0.2) is 48.4 Å². The quantitative estimate of drug-likeness (QED) is 0.443. The molecular formula is C27H46N4O6. The predicted molar refractivity (Wildman–Crippen MR) is 143 cm³/mol. The highest BCUT2D eigenvalue weighted by Gasteiger charge is 2.07. The summed E-state index contributed by atoms with van der Waals surface area (Å²) >= 11 is 0. The lowest BCUT2D eigenvalue weighted by atomic mass is 10.1. The zero-order valence-corrected chi connectivity index (χ0v) is 22.8. The summed E-state index contributed by atoms with van der Waals surface area (Å²) in [5.74, 6) is -0.858. The normalized spacial score (nSPS) is 23.9. The largest absolute Gasteiger partial charge is 0.466 e. The number of hydrogen-bond donors (Lipinski definition) is 2. The van der Waals surface area contributed by atoms with Gasteiger partial charge < -0.3 is 9.47 Å². The topological polar surface area (TPSA) is 136 Å². The highest BCUT2D eigenvalue weighted by molar-refractivity contribution is 5.85. The molecule has 1 heterocycles. The van der Waals surface area contributed by atoms with Crippen LogP contribution in [0.1, 0.15) is 123 Å². The first-order valence-corrected chi connectivity index (χ1v) is 13.8.